The van der Waals surface area contributed by atoms with Crippen molar-refractivity contribution in [3.05, 3.63) is 114 Å². The minimum Gasteiger partial charge on any atom is -0.457 e. The van der Waals surface area contributed by atoms with Gasteiger partial charge in [0, 0.05) is 22.9 Å². The van der Waals surface area contributed by atoms with Gasteiger partial charge in [0.1, 0.15) is 17.2 Å². The van der Waals surface area contributed by atoms with Gasteiger partial charge in [-0.3, -0.25) is 4.98 Å². The Kier molecular flexibility index (Phi) is 5.76. The minimum atomic E-state index is -0.494. The lowest BCUT2D eigenvalue weighted by molar-refractivity contribution is -0.136. The van der Waals surface area contributed by atoms with Gasteiger partial charge in [-0.15, -0.1) is 5.10 Å². The Bertz CT molecular complexity index is 1590. The van der Waals surface area contributed by atoms with E-state index in [0.717, 1.165) is 27.9 Å². The second kappa shape index (κ2) is 9.67. The molecule has 5 aromatic rings. The van der Waals surface area contributed by atoms with Crippen LogP contribution < -0.4 is 4.74 Å². The van der Waals surface area contributed by atoms with Crippen molar-refractivity contribution in [3.63, 3.8) is 0 Å². The van der Waals surface area contributed by atoms with Crippen LogP contribution in [0.3, 0.4) is 0 Å². The highest BCUT2D eigenvalue weighted by atomic mass is 16.7. The normalized spacial score (nSPS) is 13.9. The number of pyridine rings is 1. The monoisotopic (exact) mass is 486 g/mol. The second-order valence-electron chi connectivity index (χ2n) is 8.11. The topological polar surface area (TPSA) is 115 Å². The molecule has 3 aromatic carbocycles. The Morgan fingerprint density at radius 2 is 1.49 bits per heavy atom. The van der Waals surface area contributed by atoms with Crippen molar-refractivity contribution in [1.82, 2.24) is 25.6 Å². The maximum atomic E-state index is 12.4. The molecule has 178 valence electrons. The Morgan fingerprint density at radius 3 is 2.16 bits per heavy atom. The van der Waals surface area contributed by atoms with E-state index in [0.29, 0.717) is 28.6 Å². The summed E-state index contributed by atoms with van der Waals surface area (Å²) in [4.78, 5) is 21.8. The summed E-state index contributed by atoms with van der Waals surface area (Å²) < 4.78 is 5.93. The van der Waals surface area contributed by atoms with Crippen LogP contribution in [0.15, 0.2) is 108 Å². The van der Waals surface area contributed by atoms with Crippen molar-refractivity contribution in [2.75, 3.05) is 0 Å². The number of hydrogen-bond acceptors (Lipinski definition) is 8. The number of aromatic nitrogens is 5. The standard InChI is InChI=1S/C28H18N6O3/c35-28-24(26(32-37-28)20-8-6-19(7-9-20)25-3-1-2-16-29-25)17-18-4-12-22(13-5-18)36-23-14-10-21(11-15-23)27-30-33-34-31-27/h1-17H,(H,30,31,33,34)/b24-17-. The van der Waals surface area contributed by atoms with Gasteiger partial charge in [0.2, 0.25) is 0 Å². The molecule has 2 aromatic heterocycles. The van der Waals surface area contributed by atoms with Crippen LogP contribution in [-0.4, -0.2) is 37.3 Å². The van der Waals surface area contributed by atoms with E-state index in [4.69, 9.17) is 9.57 Å². The number of oxime groups is 1. The first-order chi connectivity index (χ1) is 18.2. The quantitative estimate of drug-likeness (QED) is 0.263. The number of tetrazole rings is 1. The molecule has 0 saturated carbocycles. The lowest BCUT2D eigenvalue weighted by Crippen LogP contribution is -2.06. The number of hydrogen-bond donors (Lipinski definition) is 1. The predicted octanol–water partition coefficient (Wildman–Crippen LogP) is 5.07. The molecule has 0 unspecified atom stereocenters. The van der Waals surface area contributed by atoms with Crippen molar-refractivity contribution in [2.24, 2.45) is 5.16 Å². The third kappa shape index (κ3) is 4.73. The number of carbonyl (C=O) groups is 1. The molecule has 0 saturated heterocycles. The fourth-order valence-corrected chi connectivity index (χ4v) is 3.85. The summed E-state index contributed by atoms with van der Waals surface area (Å²) in [5.74, 6) is 1.42. The molecule has 0 spiro atoms. The summed E-state index contributed by atoms with van der Waals surface area (Å²) >= 11 is 0. The van der Waals surface area contributed by atoms with Crippen molar-refractivity contribution < 1.29 is 14.4 Å². The molecule has 0 radical (unpaired) electrons. The smallest absolute Gasteiger partial charge is 0.368 e. The molecule has 9 nitrogen and oxygen atoms in total. The van der Waals surface area contributed by atoms with Crippen molar-refractivity contribution in [2.45, 2.75) is 0 Å². The van der Waals surface area contributed by atoms with E-state index in [1.54, 1.807) is 12.3 Å². The molecule has 0 fully saturated rings. The first kappa shape index (κ1) is 22.1. The van der Waals surface area contributed by atoms with Gasteiger partial charge in [-0.25, -0.2) is 9.89 Å². The van der Waals surface area contributed by atoms with Crippen LogP contribution in [0, 0.1) is 0 Å². The number of carbonyl (C=O) groups excluding carboxylic acids is 1. The highest BCUT2D eigenvalue weighted by molar-refractivity contribution is 6.31. The minimum absolute atomic E-state index is 0.386. The van der Waals surface area contributed by atoms with Gasteiger partial charge >= 0.3 is 5.97 Å². The zero-order valence-corrected chi connectivity index (χ0v) is 19.3. The van der Waals surface area contributed by atoms with Crippen LogP contribution >= 0.6 is 0 Å². The van der Waals surface area contributed by atoms with Crippen LogP contribution in [0.2, 0.25) is 0 Å². The second-order valence-corrected chi connectivity index (χ2v) is 8.11. The van der Waals surface area contributed by atoms with E-state index in [9.17, 15) is 4.79 Å². The molecule has 1 aliphatic rings. The molecular weight excluding hydrogens is 468 g/mol. The highest BCUT2D eigenvalue weighted by Gasteiger charge is 2.26. The summed E-state index contributed by atoms with van der Waals surface area (Å²) in [5.41, 5.74) is 5.16. The summed E-state index contributed by atoms with van der Waals surface area (Å²) in [6, 6.07) is 28.3. The number of nitrogens with zero attached hydrogens (tertiary/aromatic N) is 5. The van der Waals surface area contributed by atoms with Gasteiger partial charge in [-0.05, 0) is 70.6 Å². The van der Waals surface area contributed by atoms with Crippen LogP contribution in [0.4, 0.5) is 0 Å². The Labute approximate surface area is 211 Å². The van der Waals surface area contributed by atoms with E-state index in [2.05, 4.69) is 30.8 Å². The number of rotatable bonds is 6. The van der Waals surface area contributed by atoms with Gasteiger partial charge < -0.3 is 9.57 Å². The number of aromatic amines is 1. The zero-order valence-electron chi connectivity index (χ0n) is 19.3. The number of nitrogens with one attached hydrogen (secondary N) is 1. The summed E-state index contributed by atoms with van der Waals surface area (Å²) in [6.45, 7) is 0. The Balaban J connectivity index is 1.17. The molecule has 1 N–H and O–H groups in total. The van der Waals surface area contributed by atoms with Crippen molar-refractivity contribution in [3.8, 4) is 34.1 Å². The lowest BCUT2D eigenvalue weighted by atomic mass is 9.99. The molecule has 37 heavy (non-hydrogen) atoms. The maximum Gasteiger partial charge on any atom is 0.368 e. The molecule has 9 heteroatoms. The van der Waals surface area contributed by atoms with E-state index in [-0.39, 0.29) is 0 Å². The highest BCUT2D eigenvalue weighted by Crippen LogP contribution is 2.27. The Hall–Kier alpha value is -5.44. The molecule has 6 rings (SSSR count). The van der Waals surface area contributed by atoms with Crippen molar-refractivity contribution >= 4 is 17.8 Å². The van der Waals surface area contributed by atoms with E-state index < -0.39 is 5.97 Å². The van der Waals surface area contributed by atoms with E-state index in [1.165, 1.54) is 0 Å². The van der Waals surface area contributed by atoms with Crippen LogP contribution in [-0.2, 0) is 9.63 Å². The van der Waals surface area contributed by atoms with Gasteiger partial charge in [0.15, 0.2) is 5.82 Å². The lowest BCUT2D eigenvalue weighted by Gasteiger charge is -2.07. The van der Waals surface area contributed by atoms with Crippen LogP contribution in [0.5, 0.6) is 11.5 Å². The number of benzene rings is 3. The SMILES string of the molecule is O=C1ON=C(c2ccc(-c3ccccn3)cc2)/C1=C/c1ccc(Oc2ccc(-c3nnn[nH]3)cc2)cc1. The summed E-state index contributed by atoms with van der Waals surface area (Å²) in [6.07, 6.45) is 3.51. The molecule has 0 bridgehead atoms. The third-order valence-electron chi connectivity index (χ3n) is 5.71. The van der Waals surface area contributed by atoms with Gasteiger partial charge in [0.05, 0.1) is 11.3 Å². The molecule has 1 aliphatic heterocycles. The zero-order chi connectivity index (χ0) is 25.0. The van der Waals surface area contributed by atoms with Crippen molar-refractivity contribution in [1.29, 1.82) is 0 Å². The van der Waals surface area contributed by atoms with Crippen LogP contribution in [0.25, 0.3) is 28.7 Å². The molecular formula is C28H18N6O3. The average molecular weight is 486 g/mol. The third-order valence-corrected chi connectivity index (χ3v) is 5.71. The summed E-state index contributed by atoms with van der Waals surface area (Å²) in [7, 11) is 0. The first-order valence-corrected chi connectivity index (χ1v) is 11.4. The van der Waals surface area contributed by atoms with Gasteiger partial charge in [0.25, 0.3) is 0 Å². The summed E-state index contributed by atoms with van der Waals surface area (Å²) in [5, 5.41) is 17.8. The predicted molar refractivity (Wildman–Crippen MR) is 136 cm³/mol. The van der Waals surface area contributed by atoms with E-state index >= 15 is 0 Å². The van der Waals surface area contributed by atoms with E-state index in [1.807, 2.05) is 91.0 Å². The van der Waals surface area contributed by atoms with Gasteiger partial charge in [-0.2, -0.15) is 0 Å². The molecule has 3 heterocycles. The largest absolute Gasteiger partial charge is 0.457 e. The number of H-pyrrole nitrogens is 1. The number of ether oxygens (including phenoxy) is 1. The van der Waals surface area contributed by atoms with Crippen LogP contribution in [0.1, 0.15) is 11.1 Å². The molecule has 0 amide bonds. The van der Waals surface area contributed by atoms with Gasteiger partial charge in [-0.1, -0.05) is 47.6 Å². The maximum absolute atomic E-state index is 12.4. The Morgan fingerprint density at radius 1 is 0.784 bits per heavy atom. The fraction of sp³-hybridized carbons (Fsp3) is 0. The molecule has 0 aliphatic carbocycles. The molecule has 0 atom stereocenters. The fourth-order valence-electron chi connectivity index (χ4n) is 3.85. The first-order valence-electron chi connectivity index (χ1n) is 11.4. The average Bonchev–Trinajstić information content (AvgIpc) is 3.62.